The van der Waals surface area contributed by atoms with E-state index in [0.717, 1.165) is 42.3 Å². The number of nitrogens with one attached hydrogen (secondary N) is 1. The fourth-order valence-corrected chi connectivity index (χ4v) is 8.37. The Labute approximate surface area is 209 Å². The lowest BCUT2D eigenvalue weighted by molar-refractivity contribution is 0.0980. The average molecular weight is 542 g/mol. The van der Waals surface area contributed by atoms with Gasteiger partial charge in [-0.2, -0.15) is 0 Å². The number of sulfonamides is 1. The zero-order valence-corrected chi connectivity index (χ0v) is 21.6. The van der Waals surface area contributed by atoms with Crippen molar-refractivity contribution in [3.8, 4) is 0 Å². The van der Waals surface area contributed by atoms with Crippen LogP contribution in [0.3, 0.4) is 0 Å². The highest BCUT2D eigenvalue weighted by atomic mass is 79.9. The number of carbonyl (C=O) groups is 1. The molecule has 178 valence electrons. The van der Waals surface area contributed by atoms with Gasteiger partial charge in [-0.05, 0) is 111 Å². The number of amides is 1. The topological polar surface area (TPSA) is 66.5 Å². The molecule has 0 aromatic heterocycles. The van der Waals surface area contributed by atoms with E-state index < -0.39 is 10.0 Å². The van der Waals surface area contributed by atoms with Crippen molar-refractivity contribution >= 4 is 37.5 Å². The fourth-order valence-electron chi connectivity index (χ4n) is 6.62. The molecule has 1 heterocycles. The van der Waals surface area contributed by atoms with Gasteiger partial charge < -0.3 is 4.90 Å². The van der Waals surface area contributed by atoms with Gasteiger partial charge >= 0.3 is 0 Å². The molecule has 1 aliphatic heterocycles. The molecule has 1 amide bonds. The maximum Gasteiger partial charge on any atom is 0.258 e. The van der Waals surface area contributed by atoms with Crippen LogP contribution in [-0.4, -0.2) is 26.9 Å². The van der Waals surface area contributed by atoms with Gasteiger partial charge in [-0.1, -0.05) is 22.0 Å². The lowest BCUT2D eigenvalue weighted by Crippen LogP contribution is -2.40. The number of anilines is 1. The third-order valence-electron chi connectivity index (χ3n) is 9.52. The van der Waals surface area contributed by atoms with E-state index in [-0.39, 0.29) is 27.7 Å². The van der Waals surface area contributed by atoms with Crippen molar-refractivity contribution in [1.82, 2.24) is 4.72 Å². The normalized spacial score (nSPS) is 26.6. The Balaban J connectivity index is 1.18. The Bertz CT molecular complexity index is 1320. The SMILES string of the molecule is O=C(c1cccc(S(=O)(=O)NC2CC23CC3)c1)N1CC2(CCC3(CC3)CC2)c2cc(Br)ccc21. The average Bonchev–Trinajstić information content (AvgIpc) is 3.78. The van der Waals surface area contributed by atoms with Gasteiger partial charge in [-0.25, -0.2) is 13.1 Å². The number of nitrogens with zero attached hydrogens (tertiary/aromatic N) is 1. The summed E-state index contributed by atoms with van der Waals surface area (Å²) in [5.74, 6) is -0.116. The van der Waals surface area contributed by atoms with Crippen molar-refractivity contribution in [1.29, 1.82) is 0 Å². The Morgan fingerprint density at radius 1 is 0.971 bits per heavy atom. The molecule has 0 bridgehead atoms. The van der Waals surface area contributed by atoms with Crippen molar-refractivity contribution in [3.05, 3.63) is 58.1 Å². The van der Waals surface area contributed by atoms with Crippen LogP contribution in [0, 0.1) is 10.8 Å². The summed E-state index contributed by atoms with van der Waals surface area (Å²) in [4.78, 5) is 15.9. The second kappa shape index (κ2) is 6.95. The van der Waals surface area contributed by atoms with Crippen LogP contribution >= 0.6 is 15.9 Å². The molecule has 7 rings (SSSR count). The van der Waals surface area contributed by atoms with Crippen LogP contribution in [0.4, 0.5) is 5.69 Å². The minimum atomic E-state index is -3.63. The molecule has 4 aliphatic carbocycles. The van der Waals surface area contributed by atoms with Crippen molar-refractivity contribution < 1.29 is 13.2 Å². The van der Waals surface area contributed by atoms with Crippen molar-refractivity contribution in [3.63, 3.8) is 0 Å². The number of halogens is 1. The molecular weight excluding hydrogens is 512 g/mol. The van der Waals surface area contributed by atoms with E-state index >= 15 is 0 Å². The van der Waals surface area contributed by atoms with E-state index in [0.29, 0.717) is 17.5 Å². The highest BCUT2D eigenvalue weighted by Gasteiger charge is 2.63. The van der Waals surface area contributed by atoms with Crippen molar-refractivity contribution in [2.45, 2.75) is 74.1 Å². The minimum Gasteiger partial charge on any atom is -0.307 e. The second-order valence-electron chi connectivity index (χ2n) is 11.6. The molecule has 7 heteroatoms. The molecule has 34 heavy (non-hydrogen) atoms. The summed E-state index contributed by atoms with van der Waals surface area (Å²) in [6.07, 6.45) is 10.6. The maximum absolute atomic E-state index is 13.8. The van der Waals surface area contributed by atoms with Crippen LogP contribution in [0.25, 0.3) is 0 Å². The van der Waals surface area contributed by atoms with Crippen LogP contribution in [0.5, 0.6) is 0 Å². The molecule has 4 saturated carbocycles. The van der Waals surface area contributed by atoms with Crippen LogP contribution in [0.2, 0.25) is 0 Å². The van der Waals surface area contributed by atoms with E-state index in [2.05, 4.69) is 26.7 Å². The van der Waals surface area contributed by atoms with Gasteiger partial charge in [0.15, 0.2) is 0 Å². The predicted octanol–water partition coefficient (Wildman–Crippen LogP) is 5.53. The standard InChI is InChI=1S/C27H29BrN2O3S/c28-19-4-5-22-21(15-19)27(10-8-25(6-7-25)9-11-27)17-30(22)24(31)18-2-1-3-20(14-18)34(32,33)29-23-16-26(23)12-13-26/h1-5,14-15,23,29H,6-13,16-17H2. The number of hydrogen-bond acceptors (Lipinski definition) is 3. The highest BCUT2D eigenvalue weighted by Crippen LogP contribution is 2.66. The third-order valence-corrected chi connectivity index (χ3v) is 11.5. The predicted molar refractivity (Wildman–Crippen MR) is 134 cm³/mol. The van der Waals surface area contributed by atoms with Crippen LogP contribution < -0.4 is 9.62 Å². The molecule has 2 aromatic rings. The number of hydrogen-bond donors (Lipinski definition) is 1. The summed E-state index contributed by atoms with van der Waals surface area (Å²) in [6.45, 7) is 0.674. The monoisotopic (exact) mass is 540 g/mol. The third kappa shape index (κ3) is 3.34. The molecule has 5 aliphatic rings. The van der Waals surface area contributed by atoms with E-state index in [9.17, 15) is 13.2 Å². The van der Waals surface area contributed by atoms with Crippen LogP contribution in [-0.2, 0) is 15.4 Å². The molecule has 1 atom stereocenters. The first kappa shape index (κ1) is 21.6. The minimum absolute atomic E-state index is 0.00158. The molecule has 1 N–H and O–H groups in total. The lowest BCUT2D eigenvalue weighted by atomic mass is 9.66. The highest BCUT2D eigenvalue weighted by molar-refractivity contribution is 9.10. The van der Waals surface area contributed by atoms with Gasteiger partial charge in [0.25, 0.3) is 5.91 Å². The Morgan fingerprint density at radius 3 is 2.38 bits per heavy atom. The van der Waals surface area contributed by atoms with Gasteiger partial charge in [0, 0.05) is 33.7 Å². The van der Waals surface area contributed by atoms with Crippen molar-refractivity contribution in [2.24, 2.45) is 10.8 Å². The summed E-state index contributed by atoms with van der Waals surface area (Å²) < 4.78 is 29.9. The van der Waals surface area contributed by atoms with E-state index in [4.69, 9.17) is 0 Å². The first-order chi connectivity index (χ1) is 16.2. The molecule has 0 radical (unpaired) electrons. The number of benzene rings is 2. The van der Waals surface area contributed by atoms with Gasteiger partial charge in [0.1, 0.15) is 0 Å². The maximum atomic E-state index is 13.8. The summed E-state index contributed by atoms with van der Waals surface area (Å²) in [6, 6.07) is 12.9. The smallest absolute Gasteiger partial charge is 0.258 e. The summed E-state index contributed by atoms with van der Waals surface area (Å²) >= 11 is 3.64. The lowest BCUT2D eigenvalue weighted by Gasteiger charge is -2.38. The van der Waals surface area contributed by atoms with E-state index in [1.165, 1.54) is 31.2 Å². The fraction of sp³-hybridized carbons (Fsp3) is 0.519. The molecule has 1 unspecified atom stereocenters. The van der Waals surface area contributed by atoms with E-state index in [1.807, 2.05) is 17.0 Å². The van der Waals surface area contributed by atoms with Crippen molar-refractivity contribution in [2.75, 3.05) is 11.4 Å². The van der Waals surface area contributed by atoms with Gasteiger partial charge in [-0.3, -0.25) is 4.79 Å². The van der Waals surface area contributed by atoms with Crippen LogP contribution in [0.1, 0.15) is 73.7 Å². The van der Waals surface area contributed by atoms with Gasteiger partial charge in [0.05, 0.1) is 4.90 Å². The summed E-state index contributed by atoms with van der Waals surface area (Å²) in [5.41, 5.74) is 3.48. The number of rotatable bonds is 4. The molecular formula is C27H29BrN2O3S. The first-order valence-electron chi connectivity index (χ1n) is 12.5. The quantitative estimate of drug-likeness (QED) is 0.554. The zero-order valence-electron chi connectivity index (χ0n) is 19.1. The Hall–Kier alpha value is -1.70. The number of carbonyl (C=O) groups excluding carboxylic acids is 1. The molecule has 2 aromatic carbocycles. The molecule has 0 saturated heterocycles. The zero-order chi connectivity index (χ0) is 23.3. The number of fused-ring (bicyclic) bond motifs is 2. The summed E-state index contributed by atoms with van der Waals surface area (Å²) in [5, 5.41) is 0. The molecule has 4 fully saturated rings. The van der Waals surface area contributed by atoms with Gasteiger partial charge in [-0.15, -0.1) is 0 Å². The van der Waals surface area contributed by atoms with Crippen LogP contribution in [0.15, 0.2) is 51.8 Å². The molecule has 3 spiro atoms. The van der Waals surface area contributed by atoms with Gasteiger partial charge in [0.2, 0.25) is 10.0 Å². The largest absolute Gasteiger partial charge is 0.307 e. The Morgan fingerprint density at radius 2 is 1.71 bits per heavy atom. The Kier molecular flexibility index (Phi) is 4.41. The summed E-state index contributed by atoms with van der Waals surface area (Å²) in [7, 11) is -3.63. The first-order valence-corrected chi connectivity index (χ1v) is 14.8. The molecule has 5 nitrogen and oxygen atoms in total. The van der Waals surface area contributed by atoms with E-state index in [1.54, 1.807) is 24.3 Å². The second-order valence-corrected chi connectivity index (χ2v) is 14.2.